The summed E-state index contributed by atoms with van der Waals surface area (Å²) >= 11 is 12.6. The van der Waals surface area contributed by atoms with Gasteiger partial charge in [-0.05, 0) is 36.8 Å². The van der Waals surface area contributed by atoms with E-state index in [1.807, 2.05) is 32.0 Å². The van der Waals surface area contributed by atoms with Crippen LogP contribution in [0, 0.1) is 0 Å². The van der Waals surface area contributed by atoms with Crippen LogP contribution >= 0.6 is 23.2 Å². The molecule has 1 N–H and O–H groups in total. The summed E-state index contributed by atoms with van der Waals surface area (Å²) in [4.78, 5) is 2.22. The summed E-state index contributed by atoms with van der Waals surface area (Å²) in [6.45, 7) is 7.62. The molecule has 1 aliphatic rings. The van der Waals surface area contributed by atoms with Gasteiger partial charge >= 0.3 is 0 Å². The fourth-order valence-corrected chi connectivity index (χ4v) is 3.68. The molecule has 0 amide bonds. The fraction of sp³-hybridized carbons (Fsp3) is 0.368. The monoisotopic (exact) mass is 418 g/mol. The lowest BCUT2D eigenvalue weighted by molar-refractivity contribution is 0.479. The Morgan fingerprint density at radius 3 is 2.64 bits per heavy atom. The van der Waals surface area contributed by atoms with E-state index in [0.29, 0.717) is 33.3 Å². The summed E-state index contributed by atoms with van der Waals surface area (Å²) in [7, 11) is 0. The van der Waals surface area contributed by atoms with E-state index in [-0.39, 0.29) is 12.0 Å². The van der Waals surface area contributed by atoms with Crippen molar-refractivity contribution < 1.29 is 4.42 Å². The molecule has 7 nitrogen and oxygen atoms in total. The first-order valence-corrected chi connectivity index (χ1v) is 9.86. The Labute approximate surface area is 173 Å². The minimum atomic E-state index is -0.00184. The number of benzene rings is 1. The molecule has 0 saturated heterocycles. The fourth-order valence-electron chi connectivity index (χ4n) is 3.22. The van der Waals surface area contributed by atoms with Gasteiger partial charge in [0.05, 0.1) is 11.7 Å². The second kappa shape index (κ2) is 7.56. The lowest BCUT2D eigenvalue weighted by Gasteiger charge is -2.36. The van der Waals surface area contributed by atoms with Crippen LogP contribution in [-0.4, -0.2) is 33.5 Å². The molecule has 3 heterocycles. The maximum absolute atomic E-state index is 6.43. The van der Waals surface area contributed by atoms with Gasteiger partial charge in [0.25, 0.3) is 5.89 Å². The number of anilines is 2. The zero-order valence-electron chi connectivity index (χ0n) is 15.8. The molecular formula is C19H20Cl2N6O. The van der Waals surface area contributed by atoms with Gasteiger partial charge in [-0.25, -0.2) is 0 Å². The molecule has 0 aliphatic carbocycles. The molecule has 1 atom stereocenters. The molecule has 3 aromatic rings. The average molecular weight is 419 g/mol. The van der Waals surface area contributed by atoms with Gasteiger partial charge in [0.15, 0.2) is 11.5 Å². The molecule has 9 heteroatoms. The summed E-state index contributed by atoms with van der Waals surface area (Å²) in [6, 6.07) is 7.43. The smallest absolute Gasteiger partial charge is 0.268 e. The Kier molecular flexibility index (Phi) is 5.12. The van der Waals surface area contributed by atoms with Crippen molar-refractivity contribution in [3.63, 3.8) is 0 Å². The molecule has 28 heavy (non-hydrogen) atoms. The quantitative estimate of drug-likeness (QED) is 0.641. The number of nitrogens with one attached hydrogen (secondary N) is 1. The third-order valence-electron chi connectivity index (χ3n) is 4.76. The van der Waals surface area contributed by atoms with E-state index < -0.39 is 0 Å². The highest BCUT2D eigenvalue weighted by atomic mass is 35.5. The second-order valence-electron chi connectivity index (χ2n) is 7.03. The number of hydrogen-bond acceptors (Lipinski definition) is 7. The van der Waals surface area contributed by atoms with E-state index in [1.54, 1.807) is 6.07 Å². The third kappa shape index (κ3) is 3.52. The molecule has 1 unspecified atom stereocenters. The lowest BCUT2D eigenvalue weighted by atomic mass is 10.1. The average Bonchev–Trinajstić information content (AvgIpc) is 3.19. The molecule has 0 fully saturated rings. The molecule has 0 spiro atoms. The molecule has 0 bridgehead atoms. The Morgan fingerprint density at radius 1 is 1.07 bits per heavy atom. The normalized spacial score (nSPS) is 14.7. The van der Waals surface area contributed by atoms with Crippen molar-refractivity contribution in [2.45, 2.75) is 32.7 Å². The van der Waals surface area contributed by atoms with Crippen LogP contribution in [0.4, 0.5) is 11.5 Å². The van der Waals surface area contributed by atoms with Gasteiger partial charge in [0.2, 0.25) is 5.89 Å². The summed E-state index contributed by atoms with van der Waals surface area (Å²) < 4.78 is 5.74. The van der Waals surface area contributed by atoms with Crippen molar-refractivity contribution in [3.05, 3.63) is 45.8 Å². The summed E-state index contributed by atoms with van der Waals surface area (Å²) in [6.07, 6.45) is 0. The van der Waals surface area contributed by atoms with E-state index in [9.17, 15) is 0 Å². The predicted molar refractivity (Wildman–Crippen MR) is 110 cm³/mol. The van der Waals surface area contributed by atoms with Gasteiger partial charge in [0.1, 0.15) is 0 Å². The van der Waals surface area contributed by atoms with Crippen molar-refractivity contribution in [1.82, 2.24) is 20.4 Å². The van der Waals surface area contributed by atoms with Crippen molar-refractivity contribution in [3.8, 4) is 11.6 Å². The number of aromatic nitrogens is 4. The van der Waals surface area contributed by atoms with Gasteiger partial charge in [-0.2, -0.15) is 0 Å². The summed E-state index contributed by atoms with van der Waals surface area (Å²) in [5.74, 6) is 1.79. The molecule has 146 valence electrons. The molecule has 1 aromatic carbocycles. The minimum Gasteiger partial charge on any atom is -0.419 e. The molecule has 1 aliphatic heterocycles. The van der Waals surface area contributed by atoms with Gasteiger partial charge in [-0.15, -0.1) is 20.4 Å². The Balaban J connectivity index is 1.72. The first-order chi connectivity index (χ1) is 13.4. The van der Waals surface area contributed by atoms with E-state index >= 15 is 0 Å². The van der Waals surface area contributed by atoms with Crippen LogP contribution in [0.15, 0.2) is 28.7 Å². The van der Waals surface area contributed by atoms with E-state index in [2.05, 4.69) is 37.5 Å². The number of rotatable bonds is 4. The number of hydrogen-bond donors (Lipinski definition) is 1. The Morgan fingerprint density at radius 2 is 1.89 bits per heavy atom. The Bertz CT molecular complexity index is 1010. The molecular weight excluding hydrogens is 399 g/mol. The van der Waals surface area contributed by atoms with Crippen molar-refractivity contribution in [2.75, 3.05) is 23.3 Å². The van der Waals surface area contributed by atoms with E-state index in [1.165, 1.54) is 0 Å². The van der Waals surface area contributed by atoms with Gasteiger partial charge in [-0.3, -0.25) is 0 Å². The molecule has 2 aromatic heterocycles. The summed E-state index contributed by atoms with van der Waals surface area (Å²) in [5.41, 5.74) is 2.40. The highest BCUT2D eigenvalue weighted by Gasteiger charge is 2.27. The Hall–Kier alpha value is -2.38. The van der Waals surface area contributed by atoms with Gasteiger partial charge in [0, 0.05) is 29.1 Å². The predicted octanol–water partition coefficient (Wildman–Crippen LogP) is 4.95. The van der Waals surface area contributed by atoms with Crippen molar-refractivity contribution >= 4 is 34.7 Å². The highest BCUT2D eigenvalue weighted by Crippen LogP contribution is 2.38. The largest absolute Gasteiger partial charge is 0.419 e. The lowest BCUT2D eigenvalue weighted by Crippen LogP contribution is -2.36. The van der Waals surface area contributed by atoms with Crippen molar-refractivity contribution in [2.24, 2.45) is 0 Å². The maximum Gasteiger partial charge on any atom is 0.268 e. The van der Waals surface area contributed by atoms with Crippen LogP contribution in [-0.2, 0) is 0 Å². The van der Waals surface area contributed by atoms with E-state index in [4.69, 9.17) is 27.6 Å². The first kappa shape index (κ1) is 19.0. The second-order valence-corrected chi connectivity index (χ2v) is 7.87. The topological polar surface area (TPSA) is 80.0 Å². The first-order valence-electron chi connectivity index (χ1n) is 9.11. The standard InChI is InChI=1S/C19H20Cl2N6O/c1-10(2)18-25-26-19(28-18)15-9-16-17(24-23-15)22-6-7-27(16)11(3)13-8-12(20)4-5-14(13)21/h4-5,8-11H,6-7H2,1-3H3,(H,22,24). The molecule has 0 saturated carbocycles. The van der Waals surface area contributed by atoms with Crippen LogP contribution < -0.4 is 10.2 Å². The minimum absolute atomic E-state index is 0.00184. The maximum atomic E-state index is 6.43. The van der Waals surface area contributed by atoms with Crippen LogP contribution in [0.5, 0.6) is 0 Å². The van der Waals surface area contributed by atoms with Crippen molar-refractivity contribution in [1.29, 1.82) is 0 Å². The molecule has 0 radical (unpaired) electrons. The van der Waals surface area contributed by atoms with Crippen LogP contribution in [0.1, 0.15) is 44.2 Å². The molecule has 4 rings (SSSR count). The van der Waals surface area contributed by atoms with Crippen LogP contribution in [0.3, 0.4) is 0 Å². The van der Waals surface area contributed by atoms with E-state index in [0.717, 1.165) is 24.3 Å². The zero-order chi connectivity index (χ0) is 19.8. The summed E-state index contributed by atoms with van der Waals surface area (Å²) in [5, 5.41) is 21.4. The number of nitrogens with zero attached hydrogens (tertiary/aromatic N) is 5. The highest BCUT2D eigenvalue weighted by molar-refractivity contribution is 6.33. The van der Waals surface area contributed by atoms with Gasteiger partial charge in [-0.1, -0.05) is 37.0 Å². The number of halogens is 2. The number of fused-ring (bicyclic) bond motifs is 1. The van der Waals surface area contributed by atoms with Crippen LogP contribution in [0.2, 0.25) is 10.0 Å². The SMILES string of the molecule is CC(C)c1nnc(-c2cc3c(nn2)NCCN3C(C)c2cc(Cl)ccc2Cl)o1. The van der Waals surface area contributed by atoms with Gasteiger partial charge < -0.3 is 14.6 Å². The third-order valence-corrected chi connectivity index (χ3v) is 5.34. The van der Waals surface area contributed by atoms with Crippen LogP contribution in [0.25, 0.3) is 11.6 Å². The zero-order valence-corrected chi connectivity index (χ0v) is 17.3.